The van der Waals surface area contributed by atoms with Crippen LogP contribution in [0.2, 0.25) is 0 Å². The Morgan fingerprint density at radius 3 is 2.19 bits per heavy atom. The summed E-state index contributed by atoms with van der Waals surface area (Å²) in [7, 11) is 1.65. The molecule has 0 heterocycles. The summed E-state index contributed by atoms with van der Waals surface area (Å²) in [6.45, 7) is 6.09. The van der Waals surface area contributed by atoms with Crippen LogP contribution in [0.1, 0.15) is 46.8 Å². The molecule has 0 saturated carbocycles. The Labute approximate surface area is 156 Å². The number of anilines is 1. The molecule has 0 fully saturated rings. The Kier molecular flexibility index (Phi) is 6.96. The maximum Gasteiger partial charge on any atom is 0.254 e. The molecular weight excluding hydrogens is 324 g/mol. The van der Waals surface area contributed by atoms with Gasteiger partial charge < -0.3 is 10.2 Å². The second-order valence-corrected chi connectivity index (χ2v) is 6.78. The van der Waals surface area contributed by atoms with E-state index in [1.54, 1.807) is 7.05 Å². The van der Waals surface area contributed by atoms with Crippen molar-refractivity contribution in [3.05, 3.63) is 64.7 Å². The fraction of sp³-hybridized carbons (Fsp3) is 0.364. The number of para-hydroxylation sites is 1. The molecule has 0 radical (unpaired) electrons. The van der Waals surface area contributed by atoms with Crippen LogP contribution in [0.15, 0.2) is 42.5 Å². The molecule has 0 aromatic heterocycles. The van der Waals surface area contributed by atoms with E-state index in [-0.39, 0.29) is 18.4 Å². The molecule has 2 aromatic carbocycles. The highest BCUT2D eigenvalue weighted by atomic mass is 16.2. The van der Waals surface area contributed by atoms with E-state index in [9.17, 15) is 9.59 Å². The van der Waals surface area contributed by atoms with Gasteiger partial charge in [-0.1, -0.05) is 43.7 Å². The fourth-order valence-corrected chi connectivity index (χ4v) is 2.89. The van der Waals surface area contributed by atoms with Crippen LogP contribution >= 0.6 is 0 Å². The van der Waals surface area contributed by atoms with Gasteiger partial charge in [-0.25, -0.2) is 0 Å². The van der Waals surface area contributed by atoms with Gasteiger partial charge in [-0.15, -0.1) is 0 Å². The van der Waals surface area contributed by atoms with Crippen LogP contribution in [-0.2, 0) is 11.2 Å². The van der Waals surface area contributed by atoms with Crippen LogP contribution in [-0.4, -0.2) is 30.3 Å². The number of nitrogens with zero attached hydrogens (tertiary/aromatic N) is 1. The van der Waals surface area contributed by atoms with Gasteiger partial charge in [0.1, 0.15) is 0 Å². The molecule has 1 N–H and O–H groups in total. The fourth-order valence-electron chi connectivity index (χ4n) is 2.89. The maximum absolute atomic E-state index is 12.5. The van der Waals surface area contributed by atoms with Crippen molar-refractivity contribution in [3.8, 4) is 0 Å². The van der Waals surface area contributed by atoms with Crippen molar-refractivity contribution in [1.82, 2.24) is 4.90 Å². The average Bonchev–Trinajstić information content (AvgIpc) is 2.63. The molecule has 26 heavy (non-hydrogen) atoms. The lowest BCUT2D eigenvalue weighted by Crippen LogP contribution is -2.35. The number of nitrogens with one attached hydrogen (secondary N) is 1. The summed E-state index contributed by atoms with van der Waals surface area (Å²) < 4.78 is 0. The van der Waals surface area contributed by atoms with Gasteiger partial charge in [-0.3, -0.25) is 9.59 Å². The summed E-state index contributed by atoms with van der Waals surface area (Å²) >= 11 is 0. The summed E-state index contributed by atoms with van der Waals surface area (Å²) in [4.78, 5) is 26.3. The standard InChI is InChI=1S/C22H28N2O2/c1-5-6-10-18-11-13-19(14-12-18)22(26)24(4)15-20(25)23-21-16(2)8-7-9-17(21)3/h7-9,11-14H,5-6,10,15H2,1-4H3,(H,23,25). The molecule has 2 amide bonds. The van der Waals surface area contributed by atoms with Gasteiger partial charge in [0.15, 0.2) is 0 Å². The number of carbonyl (C=O) groups is 2. The highest BCUT2D eigenvalue weighted by Crippen LogP contribution is 2.19. The third-order valence-corrected chi connectivity index (χ3v) is 4.49. The van der Waals surface area contributed by atoms with Crippen molar-refractivity contribution in [2.45, 2.75) is 40.0 Å². The number of hydrogen-bond acceptors (Lipinski definition) is 2. The minimum absolute atomic E-state index is 0.0180. The first kappa shape index (κ1) is 19.7. The van der Waals surface area contributed by atoms with Gasteiger partial charge in [0, 0.05) is 18.3 Å². The molecule has 0 unspecified atom stereocenters. The Morgan fingerprint density at radius 1 is 1.00 bits per heavy atom. The lowest BCUT2D eigenvalue weighted by molar-refractivity contribution is -0.116. The van der Waals surface area contributed by atoms with E-state index in [0.29, 0.717) is 5.56 Å². The zero-order chi connectivity index (χ0) is 19.1. The zero-order valence-corrected chi connectivity index (χ0v) is 16.1. The van der Waals surface area contributed by atoms with Crippen molar-refractivity contribution in [2.24, 2.45) is 0 Å². The van der Waals surface area contributed by atoms with Gasteiger partial charge >= 0.3 is 0 Å². The molecule has 0 atom stereocenters. The molecule has 0 aliphatic rings. The van der Waals surface area contributed by atoms with Crippen molar-refractivity contribution in [2.75, 3.05) is 18.9 Å². The monoisotopic (exact) mass is 352 g/mol. The summed E-state index contributed by atoms with van der Waals surface area (Å²) in [6, 6.07) is 13.5. The van der Waals surface area contributed by atoms with Crippen LogP contribution in [0.3, 0.4) is 0 Å². The highest BCUT2D eigenvalue weighted by molar-refractivity contribution is 5.99. The third-order valence-electron chi connectivity index (χ3n) is 4.49. The third kappa shape index (κ3) is 5.19. The topological polar surface area (TPSA) is 49.4 Å². The predicted octanol–water partition coefficient (Wildman–Crippen LogP) is 4.36. The second-order valence-electron chi connectivity index (χ2n) is 6.78. The van der Waals surface area contributed by atoms with Gasteiger partial charge in [-0.05, 0) is 55.5 Å². The quantitative estimate of drug-likeness (QED) is 0.805. The second kappa shape index (κ2) is 9.18. The maximum atomic E-state index is 12.5. The zero-order valence-electron chi connectivity index (χ0n) is 16.1. The van der Waals surface area contributed by atoms with E-state index in [2.05, 4.69) is 12.2 Å². The van der Waals surface area contributed by atoms with Gasteiger partial charge in [0.05, 0.1) is 6.54 Å². The van der Waals surface area contributed by atoms with Crippen LogP contribution in [0.5, 0.6) is 0 Å². The molecule has 0 bridgehead atoms. The van der Waals surface area contributed by atoms with Gasteiger partial charge in [-0.2, -0.15) is 0 Å². The van der Waals surface area contributed by atoms with E-state index < -0.39 is 0 Å². The van der Waals surface area contributed by atoms with E-state index in [1.165, 1.54) is 10.5 Å². The lowest BCUT2D eigenvalue weighted by Gasteiger charge is -2.18. The van der Waals surface area contributed by atoms with E-state index in [0.717, 1.165) is 36.1 Å². The van der Waals surface area contributed by atoms with E-state index in [4.69, 9.17) is 0 Å². The van der Waals surface area contributed by atoms with E-state index >= 15 is 0 Å². The van der Waals surface area contributed by atoms with Gasteiger partial charge in [0.2, 0.25) is 5.91 Å². The number of rotatable bonds is 7. The normalized spacial score (nSPS) is 10.5. The number of unbranched alkanes of at least 4 members (excludes halogenated alkanes) is 1. The van der Waals surface area contributed by atoms with E-state index in [1.807, 2.05) is 56.3 Å². The minimum atomic E-state index is -0.196. The number of hydrogen-bond donors (Lipinski definition) is 1. The Balaban J connectivity index is 1.96. The number of amides is 2. The number of aryl methyl sites for hydroxylation is 3. The molecule has 138 valence electrons. The van der Waals surface area contributed by atoms with Crippen molar-refractivity contribution >= 4 is 17.5 Å². The highest BCUT2D eigenvalue weighted by Gasteiger charge is 2.16. The van der Waals surface area contributed by atoms with Crippen LogP contribution in [0.25, 0.3) is 0 Å². The van der Waals surface area contributed by atoms with Crippen molar-refractivity contribution in [3.63, 3.8) is 0 Å². The summed E-state index contributed by atoms with van der Waals surface area (Å²) in [5.41, 5.74) is 4.68. The first-order valence-corrected chi connectivity index (χ1v) is 9.12. The molecule has 4 heteroatoms. The molecule has 0 aliphatic carbocycles. The Hall–Kier alpha value is -2.62. The predicted molar refractivity (Wildman–Crippen MR) is 107 cm³/mol. The number of benzene rings is 2. The number of carbonyl (C=O) groups excluding carboxylic acids is 2. The molecule has 0 saturated heterocycles. The molecule has 0 aliphatic heterocycles. The number of likely N-dealkylation sites (N-methyl/N-ethyl adjacent to an activating group) is 1. The van der Waals surface area contributed by atoms with Crippen LogP contribution in [0, 0.1) is 13.8 Å². The van der Waals surface area contributed by atoms with Gasteiger partial charge in [0.25, 0.3) is 5.91 Å². The smallest absolute Gasteiger partial charge is 0.254 e. The molecule has 2 aromatic rings. The van der Waals surface area contributed by atoms with Crippen LogP contribution in [0.4, 0.5) is 5.69 Å². The largest absolute Gasteiger partial charge is 0.332 e. The molecule has 2 rings (SSSR count). The lowest BCUT2D eigenvalue weighted by atomic mass is 10.1. The summed E-state index contributed by atoms with van der Waals surface area (Å²) in [6.07, 6.45) is 3.32. The van der Waals surface area contributed by atoms with Crippen molar-refractivity contribution < 1.29 is 9.59 Å². The average molecular weight is 352 g/mol. The Morgan fingerprint density at radius 2 is 1.62 bits per heavy atom. The molecule has 0 spiro atoms. The van der Waals surface area contributed by atoms with Crippen molar-refractivity contribution in [1.29, 1.82) is 0 Å². The van der Waals surface area contributed by atoms with Crippen LogP contribution < -0.4 is 5.32 Å². The SMILES string of the molecule is CCCCc1ccc(C(=O)N(C)CC(=O)Nc2c(C)cccc2C)cc1. The molecular formula is C22H28N2O2. The first-order valence-electron chi connectivity index (χ1n) is 9.12. The first-order chi connectivity index (χ1) is 12.4. The molecule has 4 nitrogen and oxygen atoms in total. The summed E-state index contributed by atoms with van der Waals surface area (Å²) in [5, 5.41) is 2.92. The summed E-state index contributed by atoms with van der Waals surface area (Å²) in [5.74, 6) is -0.346. The minimum Gasteiger partial charge on any atom is -0.332 e. The Bertz CT molecular complexity index is 746.